The molecule has 0 bridgehead atoms. The van der Waals surface area contributed by atoms with Gasteiger partial charge < -0.3 is 19.5 Å². The Morgan fingerprint density at radius 3 is 2.86 bits per heavy atom. The van der Waals surface area contributed by atoms with E-state index in [1.54, 1.807) is 18.0 Å². The second kappa shape index (κ2) is 7.13. The molecule has 1 N–H and O–H groups in total. The second-order valence-corrected chi connectivity index (χ2v) is 6.92. The first kappa shape index (κ1) is 17.6. The van der Waals surface area contributed by atoms with Crippen LogP contribution in [0.25, 0.3) is 16.8 Å². The number of aromatic amines is 1. The number of imidazole rings is 1. The number of fused-ring (bicyclic) bond motifs is 2. The number of hydrogen-bond acceptors (Lipinski definition) is 7. The summed E-state index contributed by atoms with van der Waals surface area (Å²) in [4.78, 5) is 32.9. The van der Waals surface area contributed by atoms with Crippen molar-refractivity contribution >= 4 is 28.5 Å². The van der Waals surface area contributed by atoms with E-state index in [9.17, 15) is 4.79 Å². The highest BCUT2D eigenvalue weighted by molar-refractivity contribution is 5.97. The van der Waals surface area contributed by atoms with E-state index in [0.717, 1.165) is 22.5 Å². The fraction of sp³-hybridized carbons (Fsp3) is 0.316. The highest BCUT2D eigenvalue weighted by atomic mass is 16.5. The Morgan fingerprint density at radius 1 is 1.17 bits per heavy atom. The van der Waals surface area contributed by atoms with Crippen molar-refractivity contribution in [2.45, 2.75) is 6.61 Å². The molecule has 0 unspecified atom stereocenters. The van der Waals surface area contributed by atoms with Gasteiger partial charge in [0.15, 0.2) is 0 Å². The number of benzene rings is 1. The molecule has 10 heteroatoms. The van der Waals surface area contributed by atoms with E-state index in [0.29, 0.717) is 44.1 Å². The van der Waals surface area contributed by atoms with Gasteiger partial charge in [-0.05, 0) is 18.2 Å². The van der Waals surface area contributed by atoms with Gasteiger partial charge in [0.1, 0.15) is 12.1 Å². The van der Waals surface area contributed by atoms with Crippen LogP contribution in [0.2, 0.25) is 0 Å². The molecule has 1 aliphatic rings. The van der Waals surface area contributed by atoms with Gasteiger partial charge in [0.25, 0.3) is 11.7 Å². The van der Waals surface area contributed by atoms with Gasteiger partial charge in [-0.15, -0.1) is 0 Å². The molecule has 1 saturated heterocycles. The lowest BCUT2D eigenvalue weighted by molar-refractivity contribution is 0.0746. The van der Waals surface area contributed by atoms with Crippen molar-refractivity contribution in [3.63, 3.8) is 0 Å². The zero-order valence-corrected chi connectivity index (χ0v) is 15.9. The number of piperazine rings is 1. The lowest BCUT2D eigenvalue weighted by Gasteiger charge is -2.36. The first-order valence-corrected chi connectivity index (χ1v) is 9.39. The van der Waals surface area contributed by atoms with Gasteiger partial charge in [-0.25, -0.2) is 9.97 Å². The number of carbonyl (C=O) groups excluding carboxylic acids is 1. The smallest absolute Gasteiger partial charge is 0.254 e. The first-order chi connectivity index (χ1) is 14.2. The van der Waals surface area contributed by atoms with E-state index in [1.165, 1.54) is 6.33 Å². The Morgan fingerprint density at radius 2 is 2.03 bits per heavy atom. The molecule has 148 valence electrons. The van der Waals surface area contributed by atoms with Crippen LogP contribution < -0.4 is 4.90 Å². The van der Waals surface area contributed by atoms with Gasteiger partial charge in [-0.2, -0.15) is 14.6 Å². The Bertz CT molecular complexity index is 1180. The minimum atomic E-state index is 0.0295. The van der Waals surface area contributed by atoms with Crippen molar-refractivity contribution in [2.24, 2.45) is 0 Å². The van der Waals surface area contributed by atoms with E-state index in [1.807, 2.05) is 29.2 Å². The lowest BCUT2D eigenvalue weighted by atomic mass is 10.1. The summed E-state index contributed by atoms with van der Waals surface area (Å²) < 4.78 is 6.94. The molecule has 10 nitrogen and oxygen atoms in total. The van der Waals surface area contributed by atoms with Crippen LogP contribution in [-0.2, 0) is 11.3 Å². The molecular weight excluding hydrogens is 372 g/mol. The number of anilines is 1. The largest absolute Gasteiger partial charge is 0.378 e. The third-order valence-electron chi connectivity index (χ3n) is 5.14. The molecule has 3 aromatic heterocycles. The Hall–Kier alpha value is -3.53. The molecule has 29 heavy (non-hydrogen) atoms. The van der Waals surface area contributed by atoms with Crippen LogP contribution in [0.15, 0.2) is 36.9 Å². The van der Waals surface area contributed by atoms with Crippen LogP contribution in [0.3, 0.4) is 0 Å². The number of rotatable bonds is 4. The molecule has 4 aromatic rings. The zero-order chi connectivity index (χ0) is 19.8. The predicted octanol–water partition coefficient (Wildman–Crippen LogP) is 1.11. The van der Waals surface area contributed by atoms with Gasteiger partial charge in [0, 0.05) is 44.9 Å². The summed E-state index contributed by atoms with van der Waals surface area (Å²) >= 11 is 0. The van der Waals surface area contributed by atoms with Crippen LogP contribution in [0.1, 0.15) is 16.1 Å². The number of carbonyl (C=O) groups is 1. The number of hydrogen-bond donors (Lipinski definition) is 1. The average molecular weight is 392 g/mol. The van der Waals surface area contributed by atoms with Crippen LogP contribution in [0.5, 0.6) is 0 Å². The van der Waals surface area contributed by atoms with Crippen molar-refractivity contribution in [1.82, 2.24) is 34.4 Å². The highest BCUT2D eigenvalue weighted by Gasteiger charge is 2.24. The van der Waals surface area contributed by atoms with Crippen molar-refractivity contribution in [2.75, 3.05) is 38.2 Å². The summed E-state index contributed by atoms with van der Waals surface area (Å²) in [6, 6.07) is 7.52. The fourth-order valence-electron chi connectivity index (χ4n) is 3.68. The maximum atomic E-state index is 12.9. The number of H-pyrrole nitrogens is 1. The van der Waals surface area contributed by atoms with Crippen molar-refractivity contribution < 1.29 is 9.53 Å². The Balaban J connectivity index is 1.34. The van der Waals surface area contributed by atoms with Gasteiger partial charge in [-0.3, -0.25) is 4.79 Å². The summed E-state index contributed by atoms with van der Waals surface area (Å²) in [6.45, 7) is 3.05. The molecule has 0 spiro atoms. The normalized spacial score (nSPS) is 14.8. The topological polar surface area (TPSA) is 105 Å². The van der Waals surface area contributed by atoms with Gasteiger partial charge >= 0.3 is 0 Å². The summed E-state index contributed by atoms with van der Waals surface area (Å²) in [7, 11) is 1.64. The number of methoxy groups -OCH3 is 1. The zero-order valence-electron chi connectivity index (χ0n) is 15.9. The molecular formula is C19H20N8O2. The van der Waals surface area contributed by atoms with E-state index < -0.39 is 0 Å². The van der Waals surface area contributed by atoms with E-state index in [4.69, 9.17) is 4.74 Å². The molecule has 0 saturated carbocycles. The molecule has 1 aromatic carbocycles. The number of amides is 1. The molecule has 1 fully saturated rings. The summed E-state index contributed by atoms with van der Waals surface area (Å²) in [6.07, 6.45) is 3.13. The van der Waals surface area contributed by atoms with Gasteiger partial charge in [-0.1, -0.05) is 0 Å². The summed E-state index contributed by atoms with van der Waals surface area (Å²) in [5.41, 5.74) is 3.19. The van der Waals surface area contributed by atoms with Crippen molar-refractivity contribution in [3.8, 4) is 0 Å². The quantitative estimate of drug-likeness (QED) is 0.555. The van der Waals surface area contributed by atoms with E-state index in [-0.39, 0.29) is 5.91 Å². The number of nitrogens with one attached hydrogen (secondary N) is 1. The van der Waals surface area contributed by atoms with Gasteiger partial charge in [0.2, 0.25) is 0 Å². The third-order valence-corrected chi connectivity index (χ3v) is 5.14. The molecule has 4 heterocycles. The van der Waals surface area contributed by atoms with Crippen molar-refractivity contribution in [3.05, 3.63) is 48.2 Å². The molecule has 0 aliphatic carbocycles. The van der Waals surface area contributed by atoms with Crippen LogP contribution in [0.4, 0.5) is 5.82 Å². The second-order valence-electron chi connectivity index (χ2n) is 6.92. The Labute approximate surface area is 166 Å². The summed E-state index contributed by atoms with van der Waals surface area (Å²) in [5.74, 6) is 1.48. The number of nitrogens with zero attached hydrogens (tertiary/aromatic N) is 7. The minimum Gasteiger partial charge on any atom is -0.378 e. The molecule has 1 amide bonds. The summed E-state index contributed by atoms with van der Waals surface area (Å²) in [5, 5.41) is 4.29. The first-order valence-electron chi connectivity index (χ1n) is 9.39. The maximum absolute atomic E-state index is 12.9. The SMILES string of the molecule is COCc1cc(N2CCN(C(=O)c3ccc4nc[nH]c4c3)CC2)n2ncnc2n1. The molecule has 5 rings (SSSR count). The van der Waals surface area contributed by atoms with Crippen LogP contribution in [0, 0.1) is 0 Å². The van der Waals surface area contributed by atoms with Crippen molar-refractivity contribution in [1.29, 1.82) is 0 Å². The highest BCUT2D eigenvalue weighted by Crippen LogP contribution is 2.20. The Kier molecular flexibility index (Phi) is 4.32. The van der Waals surface area contributed by atoms with E-state index in [2.05, 4.69) is 29.9 Å². The maximum Gasteiger partial charge on any atom is 0.254 e. The standard InChI is InChI=1S/C19H20N8O2/c1-29-10-14-9-17(27-19(24-14)22-12-23-27)25-4-6-26(7-5-25)18(28)13-2-3-15-16(8-13)21-11-20-15/h2-3,8-9,11-12H,4-7,10H2,1H3,(H,20,21). The van der Waals surface area contributed by atoms with Gasteiger partial charge in [0.05, 0.1) is 29.7 Å². The lowest BCUT2D eigenvalue weighted by Crippen LogP contribution is -2.49. The molecule has 1 aliphatic heterocycles. The monoisotopic (exact) mass is 392 g/mol. The number of ether oxygens (including phenoxy) is 1. The molecule has 0 radical (unpaired) electrons. The molecule has 0 atom stereocenters. The minimum absolute atomic E-state index is 0.0295. The fourth-order valence-corrected chi connectivity index (χ4v) is 3.68. The van der Waals surface area contributed by atoms with Crippen LogP contribution in [-0.4, -0.2) is 73.6 Å². The predicted molar refractivity (Wildman–Crippen MR) is 106 cm³/mol. The third kappa shape index (κ3) is 3.17. The van der Waals surface area contributed by atoms with E-state index >= 15 is 0 Å². The van der Waals surface area contributed by atoms with Crippen LogP contribution >= 0.6 is 0 Å². The number of aromatic nitrogens is 6. The average Bonchev–Trinajstić information content (AvgIpc) is 3.41.